The number of urea groups is 1. The van der Waals surface area contributed by atoms with Crippen molar-refractivity contribution >= 4 is 28.4 Å². The number of ether oxygens (including phenoxy) is 1. The summed E-state index contributed by atoms with van der Waals surface area (Å²) in [5.41, 5.74) is 13.4. The van der Waals surface area contributed by atoms with Crippen molar-refractivity contribution in [2.24, 2.45) is 11.1 Å². The molecule has 2 aliphatic heterocycles. The Balaban J connectivity index is 1.27. The third kappa shape index (κ3) is 4.85. The van der Waals surface area contributed by atoms with Crippen molar-refractivity contribution in [1.29, 1.82) is 5.26 Å². The number of nitrogens with zero attached hydrogens (tertiary/aromatic N) is 6. The van der Waals surface area contributed by atoms with Gasteiger partial charge in [-0.3, -0.25) is 0 Å². The molecule has 0 bridgehead atoms. The van der Waals surface area contributed by atoms with Crippen LogP contribution in [0.4, 0.5) is 4.79 Å². The molecule has 10 heteroatoms. The largest absolute Gasteiger partial charge is 0.369 e. The summed E-state index contributed by atoms with van der Waals surface area (Å²) < 4.78 is 8.24. The van der Waals surface area contributed by atoms with Crippen molar-refractivity contribution in [2.75, 3.05) is 19.7 Å². The number of likely N-dealkylation sites (tertiary alicyclic amines) is 1. The third-order valence-corrected chi connectivity index (χ3v) is 11.6. The molecule has 1 atom stereocenters. The number of carbonyl (C=O) groups excluding carboxylic acids is 1. The molecule has 0 aliphatic carbocycles. The van der Waals surface area contributed by atoms with Gasteiger partial charge in [0.2, 0.25) is 0 Å². The fraction of sp³-hybridized carbons (Fsp3) is 0.167. The fourth-order valence-electron chi connectivity index (χ4n) is 7.91. The van der Waals surface area contributed by atoms with Gasteiger partial charge in [-0.1, -0.05) is 108 Å². The first kappa shape index (κ1) is 31.8. The molecule has 9 nitrogen and oxygen atoms in total. The molecule has 4 heterocycles. The molecule has 9 rings (SSSR count). The number of fused-ring (bicyclic) bond motifs is 1. The van der Waals surface area contributed by atoms with E-state index >= 15 is 0 Å². The standard InChI is InChI=1S/C42H33N7O2S/c1-27-20-30(37-36(29-13-11-12-28(21-29)23-43)45-39(52-37)38-41(26-51-38)24-48(25-41)40(44)50)22-34-35(27)46-47-49(34)42(31-14-5-2-6-15-31,32-16-7-3-8-17-32)33-18-9-4-10-19-33/h2-22,38H,24-26H2,1H3,(H2,44,50). The van der Waals surface area contributed by atoms with E-state index < -0.39 is 11.6 Å². The summed E-state index contributed by atoms with van der Waals surface area (Å²) in [6.07, 6.45) is -0.265. The lowest BCUT2D eigenvalue weighted by molar-refractivity contribution is -0.240. The summed E-state index contributed by atoms with van der Waals surface area (Å²) in [6.45, 7) is 3.69. The molecule has 2 N–H and O–H groups in total. The zero-order valence-electron chi connectivity index (χ0n) is 28.3. The Bertz CT molecular complexity index is 2400. The monoisotopic (exact) mass is 699 g/mol. The number of amides is 2. The van der Waals surface area contributed by atoms with Gasteiger partial charge in [-0.05, 0) is 59.0 Å². The highest BCUT2D eigenvalue weighted by Crippen LogP contribution is 2.55. The van der Waals surface area contributed by atoms with Crippen LogP contribution in [0, 0.1) is 23.7 Å². The molecule has 2 saturated heterocycles. The van der Waals surface area contributed by atoms with Crippen molar-refractivity contribution in [3.05, 3.63) is 160 Å². The van der Waals surface area contributed by atoms with Crippen LogP contribution in [0.3, 0.4) is 0 Å². The van der Waals surface area contributed by atoms with E-state index in [9.17, 15) is 10.1 Å². The van der Waals surface area contributed by atoms with Gasteiger partial charge in [-0.15, -0.1) is 16.4 Å². The van der Waals surface area contributed by atoms with Gasteiger partial charge in [0.05, 0.1) is 39.7 Å². The summed E-state index contributed by atoms with van der Waals surface area (Å²) in [7, 11) is 0. The number of thiazole rings is 1. The van der Waals surface area contributed by atoms with Gasteiger partial charge in [-0.25, -0.2) is 14.5 Å². The molecule has 254 valence electrons. The maximum Gasteiger partial charge on any atom is 0.314 e. The van der Waals surface area contributed by atoms with Crippen molar-refractivity contribution in [2.45, 2.75) is 18.6 Å². The smallest absolute Gasteiger partial charge is 0.314 e. The lowest BCUT2D eigenvalue weighted by Crippen LogP contribution is -2.69. The van der Waals surface area contributed by atoms with Gasteiger partial charge in [0.1, 0.15) is 22.2 Å². The Morgan fingerprint density at radius 3 is 2.08 bits per heavy atom. The van der Waals surface area contributed by atoms with E-state index in [1.807, 2.05) is 36.4 Å². The predicted molar refractivity (Wildman–Crippen MR) is 200 cm³/mol. The van der Waals surface area contributed by atoms with Crippen LogP contribution in [-0.2, 0) is 10.3 Å². The number of hydrogen-bond acceptors (Lipinski definition) is 7. The van der Waals surface area contributed by atoms with Gasteiger partial charge >= 0.3 is 6.03 Å². The van der Waals surface area contributed by atoms with Crippen LogP contribution in [0.15, 0.2) is 127 Å². The summed E-state index contributed by atoms with van der Waals surface area (Å²) >= 11 is 1.58. The molecule has 7 aromatic rings. The van der Waals surface area contributed by atoms with Gasteiger partial charge in [0.15, 0.2) is 0 Å². The highest BCUT2D eigenvalue weighted by atomic mass is 32.1. The van der Waals surface area contributed by atoms with Crippen LogP contribution in [0.5, 0.6) is 0 Å². The Kier molecular flexibility index (Phi) is 7.50. The number of nitriles is 1. The molecule has 2 fully saturated rings. The molecule has 52 heavy (non-hydrogen) atoms. The van der Waals surface area contributed by atoms with Gasteiger partial charge in [0.25, 0.3) is 0 Å². The molecule has 0 radical (unpaired) electrons. The summed E-state index contributed by atoms with van der Waals surface area (Å²) in [5, 5.41) is 20.4. The van der Waals surface area contributed by atoms with E-state index in [4.69, 9.17) is 25.8 Å². The van der Waals surface area contributed by atoms with E-state index in [1.165, 1.54) is 0 Å². The van der Waals surface area contributed by atoms with Crippen LogP contribution < -0.4 is 5.73 Å². The van der Waals surface area contributed by atoms with Crippen molar-refractivity contribution in [3.8, 4) is 27.8 Å². The molecular weight excluding hydrogens is 667 g/mol. The predicted octanol–water partition coefficient (Wildman–Crippen LogP) is 7.69. The number of carbonyl (C=O) groups is 1. The average molecular weight is 700 g/mol. The quantitative estimate of drug-likeness (QED) is 0.170. The lowest BCUT2D eigenvalue weighted by atomic mass is 9.71. The second-order valence-corrected chi connectivity index (χ2v) is 14.7. The number of benzene rings is 5. The molecule has 2 aliphatic rings. The van der Waals surface area contributed by atoms with E-state index in [0.29, 0.717) is 25.3 Å². The zero-order chi connectivity index (χ0) is 35.5. The van der Waals surface area contributed by atoms with Gasteiger partial charge < -0.3 is 15.4 Å². The minimum Gasteiger partial charge on any atom is -0.369 e. The van der Waals surface area contributed by atoms with Crippen LogP contribution >= 0.6 is 11.3 Å². The molecule has 1 unspecified atom stereocenters. The topological polar surface area (TPSA) is 123 Å². The molecule has 2 aromatic heterocycles. The first-order chi connectivity index (χ1) is 25.4. The lowest BCUT2D eigenvalue weighted by Gasteiger charge is -2.58. The van der Waals surface area contributed by atoms with E-state index in [0.717, 1.165) is 60.0 Å². The summed E-state index contributed by atoms with van der Waals surface area (Å²) in [4.78, 5) is 19.7. The van der Waals surface area contributed by atoms with Crippen LogP contribution in [-0.4, -0.2) is 50.6 Å². The first-order valence-corrected chi connectivity index (χ1v) is 17.9. The SMILES string of the molecule is Cc1cc(-c2sc(C3OCC34CN(C(N)=O)C4)nc2-c2cccc(C#N)c2)cc2c1nnn2C(c1ccccc1)(c1ccccc1)c1ccccc1. The van der Waals surface area contributed by atoms with Crippen LogP contribution in [0.1, 0.15) is 38.9 Å². The minimum atomic E-state index is -0.852. The van der Waals surface area contributed by atoms with E-state index in [2.05, 4.69) is 103 Å². The molecule has 0 saturated carbocycles. The highest BCUT2D eigenvalue weighted by molar-refractivity contribution is 7.15. The fourth-order valence-corrected chi connectivity index (χ4v) is 9.18. The Hall–Kier alpha value is -6.15. The number of nitrogens with two attached hydrogens (primary N) is 1. The highest BCUT2D eigenvalue weighted by Gasteiger charge is 2.59. The Morgan fingerprint density at radius 1 is 0.885 bits per heavy atom. The van der Waals surface area contributed by atoms with Crippen LogP contribution in [0.25, 0.3) is 32.7 Å². The number of aryl methyl sites for hydroxylation is 1. The average Bonchev–Trinajstić information content (AvgIpc) is 3.78. The Labute approximate surface area is 304 Å². The maximum atomic E-state index is 11.9. The number of hydrogen-bond donors (Lipinski definition) is 1. The maximum absolute atomic E-state index is 11.9. The van der Waals surface area contributed by atoms with Gasteiger partial charge in [0, 0.05) is 18.7 Å². The number of primary amides is 1. The summed E-state index contributed by atoms with van der Waals surface area (Å²) in [5.74, 6) is 0. The summed E-state index contributed by atoms with van der Waals surface area (Å²) in [6, 6.07) is 45.0. The molecule has 2 amide bonds. The molecule has 5 aromatic carbocycles. The minimum absolute atomic E-state index is 0.209. The Morgan fingerprint density at radius 2 is 1.52 bits per heavy atom. The first-order valence-electron chi connectivity index (χ1n) is 17.1. The number of rotatable bonds is 7. The number of aromatic nitrogens is 4. The van der Waals surface area contributed by atoms with Crippen LogP contribution in [0.2, 0.25) is 0 Å². The van der Waals surface area contributed by atoms with Crippen molar-refractivity contribution in [1.82, 2.24) is 24.9 Å². The molecule has 1 spiro atoms. The second kappa shape index (κ2) is 12.3. The van der Waals surface area contributed by atoms with E-state index in [-0.39, 0.29) is 11.5 Å². The normalized spacial score (nSPS) is 16.3. The van der Waals surface area contributed by atoms with Crippen molar-refractivity contribution in [3.63, 3.8) is 0 Å². The van der Waals surface area contributed by atoms with Gasteiger partial charge in [-0.2, -0.15) is 5.26 Å². The zero-order valence-corrected chi connectivity index (χ0v) is 29.1. The third-order valence-electron chi connectivity index (χ3n) is 10.4. The second-order valence-electron chi connectivity index (χ2n) is 13.6. The molecular formula is C42H33N7O2S. The van der Waals surface area contributed by atoms with E-state index in [1.54, 1.807) is 22.3 Å². The van der Waals surface area contributed by atoms with Crippen molar-refractivity contribution < 1.29 is 9.53 Å².